The molecule has 0 aliphatic rings. The fraction of sp³-hybridized carbons (Fsp3) is 0. The molecular weight excluding hydrogens is 301 g/mol. The fourth-order valence-corrected chi connectivity index (χ4v) is 2.15. The van der Waals surface area contributed by atoms with E-state index in [1.54, 1.807) is 0 Å². The number of hydrogen-bond donors (Lipinski definition) is 2. The summed E-state index contributed by atoms with van der Waals surface area (Å²) in [5.74, 6) is -2.28. The number of hydrazine groups is 1. The summed E-state index contributed by atoms with van der Waals surface area (Å²) in [7, 11) is 0. The Labute approximate surface area is 121 Å². The number of benzene rings is 1. The second-order valence-corrected chi connectivity index (χ2v) is 4.85. The second kappa shape index (κ2) is 6.09. The van der Waals surface area contributed by atoms with Gasteiger partial charge in [-0.15, -0.1) is 0 Å². The van der Waals surface area contributed by atoms with E-state index in [2.05, 4.69) is 5.43 Å². The lowest BCUT2D eigenvalue weighted by molar-refractivity contribution is -0.380. The molecule has 0 unspecified atom stereocenters. The first kappa shape index (κ1) is 14.6. The van der Waals surface area contributed by atoms with Crippen LogP contribution < -0.4 is 10.9 Å². The van der Waals surface area contributed by atoms with E-state index in [1.807, 2.05) is 5.43 Å². The van der Waals surface area contributed by atoms with Gasteiger partial charge < -0.3 is 0 Å². The van der Waals surface area contributed by atoms with Crippen LogP contribution in [0.5, 0.6) is 0 Å². The Hall–Kier alpha value is -2.81. The highest BCUT2D eigenvalue weighted by molar-refractivity contribution is 7.17. The lowest BCUT2D eigenvalue weighted by Gasteiger charge is -2.06. The molecule has 0 fully saturated rings. The van der Waals surface area contributed by atoms with Crippen molar-refractivity contribution in [1.82, 2.24) is 10.9 Å². The van der Waals surface area contributed by atoms with Gasteiger partial charge in [0.25, 0.3) is 11.8 Å². The number of rotatable bonds is 3. The monoisotopic (exact) mass is 309 g/mol. The molecule has 0 aliphatic carbocycles. The van der Waals surface area contributed by atoms with Crippen LogP contribution in [-0.2, 0) is 0 Å². The Morgan fingerprint density at radius 2 is 1.76 bits per heavy atom. The lowest BCUT2D eigenvalue weighted by atomic mass is 10.2. The molecule has 9 heteroatoms. The summed E-state index contributed by atoms with van der Waals surface area (Å²) in [5, 5.41) is 10.3. The summed E-state index contributed by atoms with van der Waals surface area (Å²) in [6.07, 6.45) is 0. The van der Waals surface area contributed by atoms with Crippen molar-refractivity contribution in [3.63, 3.8) is 0 Å². The molecule has 1 heterocycles. The summed E-state index contributed by atoms with van der Waals surface area (Å²) in [6.45, 7) is 0. The average Bonchev–Trinajstić information content (AvgIpc) is 2.95. The third kappa shape index (κ3) is 3.39. The number of carbonyl (C=O) groups excluding carboxylic acids is 2. The molecule has 2 aromatic rings. The molecule has 1 aromatic heterocycles. The van der Waals surface area contributed by atoms with Gasteiger partial charge >= 0.3 is 5.00 Å². The number of halogens is 1. The molecule has 0 spiro atoms. The van der Waals surface area contributed by atoms with Gasteiger partial charge in [0, 0.05) is 6.07 Å². The normalized spacial score (nSPS) is 9.95. The number of nitro groups is 1. The van der Waals surface area contributed by atoms with Gasteiger partial charge in [-0.2, -0.15) is 0 Å². The number of hydrogen-bond acceptors (Lipinski definition) is 5. The highest BCUT2D eigenvalue weighted by atomic mass is 32.1. The molecule has 2 N–H and O–H groups in total. The number of nitrogens with zero attached hydrogens (tertiary/aromatic N) is 1. The van der Waals surface area contributed by atoms with Crippen molar-refractivity contribution in [2.24, 2.45) is 0 Å². The largest absolute Gasteiger partial charge is 0.324 e. The smallest absolute Gasteiger partial charge is 0.267 e. The summed E-state index contributed by atoms with van der Waals surface area (Å²) in [6, 6.07) is 7.70. The van der Waals surface area contributed by atoms with E-state index in [0.717, 1.165) is 6.07 Å². The first-order valence-electron chi connectivity index (χ1n) is 5.58. The molecule has 2 amide bonds. The molecule has 0 atom stereocenters. The van der Waals surface area contributed by atoms with Crippen LogP contribution in [0.1, 0.15) is 20.0 Å². The van der Waals surface area contributed by atoms with E-state index in [1.165, 1.54) is 30.3 Å². The first-order chi connectivity index (χ1) is 9.99. The van der Waals surface area contributed by atoms with Crippen molar-refractivity contribution in [2.75, 3.05) is 0 Å². The molecule has 21 heavy (non-hydrogen) atoms. The van der Waals surface area contributed by atoms with Crippen molar-refractivity contribution in [1.29, 1.82) is 0 Å². The highest BCUT2D eigenvalue weighted by Gasteiger charge is 2.16. The van der Waals surface area contributed by atoms with E-state index in [0.29, 0.717) is 11.3 Å². The minimum atomic E-state index is -0.826. The van der Waals surface area contributed by atoms with Gasteiger partial charge in [-0.1, -0.05) is 23.5 Å². The number of nitrogens with one attached hydrogen (secondary N) is 2. The summed E-state index contributed by atoms with van der Waals surface area (Å²) in [4.78, 5) is 33.2. The number of amides is 2. The van der Waals surface area contributed by atoms with E-state index in [-0.39, 0.29) is 15.4 Å². The molecule has 0 radical (unpaired) electrons. The van der Waals surface area contributed by atoms with Gasteiger partial charge in [0.05, 0.1) is 10.5 Å². The van der Waals surface area contributed by atoms with E-state index < -0.39 is 22.6 Å². The maximum Gasteiger partial charge on any atom is 0.324 e. The molecular formula is C12H8FN3O4S. The molecule has 0 saturated heterocycles. The Bertz CT molecular complexity index is 716. The molecule has 7 nitrogen and oxygen atoms in total. The Kier molecular flexibility index (Phi) is 4.24. The van der Waals surface area contributed by atoms with Crippen LogP contribution in [0.4, 0.5) is 9.39 Å². The molecule has 0 bridgehead atoms. The summed E-state index contributed by atoms with van der Waals surface area (Å²) in [5.41, 5.74) is 3.87. The topological polar surface area (TPSA) is 101 Å². The number of thiophene rings is 1. The predicted octanol–water partition coefficient (Wildman–Crippen LogP) is 1.87. The maximum absolute atomic E-state index is 13.3. The summed E-state index contributed by atoms with van der Waals surface area (Å²) < 4.78 is 13.3. The van der Waals surface area contributed by atoms with Crippen LogP contribution in [0.15, 0.2) is 36.4 Å². The Balaban J connectivity index is 1.99. The van der Waals surface area contributed by atoms with Gasteiger partial charge in [0.2, 0.25) is 0 Å². The van der Waals surface area contributed by atoms with Gasteiger partial charge in [0.15, 0.2) is 0 Å². The molecule has 1 aromatic carbocycles. The fourth-order valence-electron chi connectivity index (χ4n) is 1.44. The van der Waals surface area contributed by atoms with Crippen molar-refractivity contribution >= 4 is 28.2 Å². The van der Waals surface area contributed by atoms with Gasteiger partial charge in [-0.3, -0.25) is 30.6 Å². The zero-order chi connectivity index (χ0) is 15.4. The van der Waals surface area contributed by atoms with E-state index in [9.17, 15) is 24.1 Å². The van der Waals surface area contributed by atoms with E-state index in [4.69, 9.17) is 0 Å². The third-order valence-corrected chi connectivity index (χ3v) is 3.44. The maximum atomic E-state index is 13.3. The van der Waals surface area contributed by atoms with Gasteiger partial charge in [-0.05, 0) is 18.2 Å². The molecule has 0 aliphatic heterocycles. The Morgan fingerprint density at radius 1 is 1.10 bits per heavy atom. The van der Waals surface area contributed by atoms with Crippen molar-refractivity contribution in [3.8, 4) is 0 Å². The molecule has 0 saturated carbocycles. The van der Waals surface area contributed by atoms with Crippen molar-refractivity contribution < 1.29 is 18.9 Å². The first-order valence-corrected chi connectivity index (χ1v) is 6.40. The standard InChI is InChI=1S/C12H8FN3O4S/c13-8-4-2-1-3-7(8)11(17)14-15-12(18)9-5-6-10(21-9)16(19)20/h1-6H,(H,14,17)(H,15,18). The zero-order valence-electron chi connectivity index (χ0n) is 10.3. The van der Waals surface area contributed by atoms with Crippen LogP contribution in [-0.4, -0.2) is 16.7 Å². The molecule has 2 rings (SSSR count). The predicted molar refractivity (Wildman–Crippen MR) is 72.3 cm³/mol. The zero-order valence-corrected chi connectivity index (χ0v) is 11.1. The van der Waals surface area contributed by atoms with Crippen LogP contribution in [0, 0.1) is 15.9 Å². The quantitative estimate of drug-likeness (QED) is 0.667. The lowest BCUT2D eigenvalue weighted by Crippen LogP contribution is -2.41. The number of carbonyl (C=O) groups is 2. The summed E-state index contributed by atoms with van der Waals surface area (Å²) >= 11 is 0.663. The average molecular weight is 309 g/mol. The van der Waals surface area contributed by atoms with Crippen molar-refractivity contribution in [2.45, 2.75) is 0 Å². The third-order valence-electron chi connectivity index (χ3n) is 2.40. The van der Waals surface area contributed by atoms with Gasteiger partial charge in [-0.25, -0.2) is 4.39 Å². The van der Waals surface area contributed by atoms with Crippen LogP contribution >= 0.6 is 11.3 Å². The van der Waals surface area contributed by atoms with Gasteiger partial charge in [0.1, 0.15) is 10.7 Å². The van der Waals surface area contributed by atoms with Crippen molar-refractivity contribution in [3.05, 3.63) is 62.8 Å². The Morgan fingerprint density at radius 3 is 2.38 bits per heavy atom. The minimum absolute atomic E-state index is 0.0514. The van der Waals surface area contributed by atoms with E-state index >= 15 is 0 Å². The second-order valence-electron chi connectivity index (χ2n) is 3.78. The van der Waals surface area contributed by atoms with Crippen LogP contribution in [0.3, 0.4) is 0 Å². The minimum Gasteiger partial charge on any atom is -0.267 e. The van der Waals surface area contributed by atoms with Crippen LogP contribution in [0.2, 0.25) is 0 Å². The highest BCUT2D eigenvalue weighted by Crippen LogP contribution is 2.23. The van der Waals surface area contributed by atoms with Crippen LogP contribution in [0.25, 0.3) is 0 Å². The molecule has 108 valence electrons. The SMILES string of the molecule is O=C(NNC(=O)c1ccccc1F)c1ccc([N+](=O)[O-])s1.